The van der Waals surface area contributed by atoms with Crippen molar-refractivity contribution in [3.8, 4) is 0 Å². The van der Waals surface area contributed by atoms with Crippen LogP contribution in [0.5, 0.6) is 0 Å². The summed E-state index contributed by atoms with van der Waals surface area (Å²) in [6, 6.07) is 8.53. The highest BCUT2D eigenvalue weighted by atomic mass is 127. The predicted octanol–water partition coefficient (Wildman–Crippen LogP) is 3.90. The molecule has 3 N–H and O–H groups in total. The first kappa shape index (κ1) is 12.1. The van der Waals surface area contributed by atoms with E-state index in [4.69, 9.17) is 5.73 Å². The van der Waals surface area contributed by atoms with Crippen molar-refractivity contribution >= 4 is 39.7 Å². The Morgan fingerprint density at radius 2 is 1.76 bits per heavy atom. The van der Waals surface area contributed by atoms with Gasteiger partial charge < -0.3 is 11.1 Å². The fourth-order valence-electron chi connectivity index (χ4n) is 1.39. The summed E-state index contributed by atoms with van der Waals surface area (Å²) in [7, 11) is 0. The van der Waals surface area contributed by atoms with Gasteiger partial charge in [-0.25, -0.2) is 8.78 Å². The van der Waals surface area contributed by atoms with E-state index in [2.05, 4.69) is 27.9 Å². The summed E-state index contributed by atoms with van der Waals surface area (Å²) in [4.78, 5) is 0. The smallest absolute Gasteiger partial charge is 0.146 e. The van der Waals surface area contributed by atoms with Gasteiger partial charge in [0.2, 0.25) is 0 Å². The fourth-order valence-corrected chi connectivity index (χ4v) is 1.90. The number of hydrogen-bond acceptors (Lipinski definition) is 2. The fraction of sp³-hybridized carbons (Fsp3) is 0. The molecule has 0 saturated heterocycles. The molecule has 0 aliphatic heterocycles. The van der Waals surface area contributed by atoms with E-state index in [0.29, 0.717) is 11.4 Å². The van der Waals surface area contributed by atoms with Crippen molar-refractivity contribution in [3.05, 3.63) is 51.6 Å². The van der Waals surface area contributed by atoms with Gasteiger partial charge in [-0.05, 0) is 52.9 Å². The molecule has 0 spiro atoms. The Hall–Kier alpha value is -1.37. The molecule has 2 rings (SSSR count). The van der Waals surface area contributed by atoms with Crippen LogP contribution in [-0.2, 0) is 0 Å². The SMILES string of the molecule is Nc1cc(I)ccc1Nc1cc(F)ccc1F. The van der Waals surface area contributed by atoms with Gasteiger partial charge in [-0.3, -0.25) is 0 Å². The quantitative estimate of drug-likeness (QED) is 0.640. The molecule has 0 atom stereocenters. The number of nitrogens with two attached hydrogens (primary N) is 1. The molecule has 0 aromatic heterocycles. The summed E-state index contributed by atoms with van der Waals surface area (Å²) in [6.07, 6.45) is 0. The molecule has 0 saturated carbocycles. The van der Waals surface area contributed by atoms with Crippen LogP contribution in [0.3, 0.4) is 0 Å². The van der Waals surface area contributed by atoms with E-state index < -0.39 is 11.6 Å². The molecule has 2 aromatic rings. The third-order valence-electron chi connectivity index (χ3n) is 2.21. The first-order chi connectivity index (χ1) is 8.06. The van der Waals surface area contributed by atoms with Gasteiger partial charge >= 0.3 is 0 Å². The Morgan fingerprint density at radius 3 is 2.47 bits per heavy atom. The molecule has 17 heavy (non-hydrogen) atoms. The summed E-state index contributed by atoms with van der Waals surface area (Å²) in [5, 5.41) is 2.77. The van der Waals surface area contributed by atoms with Gasteiger partial charge in [0, 0.05) is 9.64 Å². The van der Waals surface area contributed by atoms with Crippen LogP contribution in [0.4, 0.5) is 25.8 Å². The van der Waals surface area contributed by atoms with E-state index in [1.54, 1.807) is 12.1 Å². The summed E-state index contributed by atoms with van der Waals surface area (Å²) in [5.74, 6) is -1.03. The van der Waals surface area contributed by atoms with Crippen molar-refractivity contribution in [3.63, 3.8) is 0 Å². The largest absolute Gasteiger partial charge is 0.397 e. The topological polar surface area (TPSA) is 38.0 Å². The normalized spacial score (nSPS) is 10.3. The summed E-state index contributed by atoms with van der Waals surface area (Å²) in [6.45, 7) is 0. The number of anilines is 3. The molecule has 88 valence electrons. The summed E-state index contributed by atoms with van der Waals surface area (Å²) < 4.78 is 27.3. The Morgan fingerprint density at radius 1 is 1.00 bits per heavy atom. The molecular weight excluding hydrogens is 337 g/mol. The van der Waals surface area contributed by atoms with E-state index in [9.17, 15) is 8.78 Å². The summed E-state index contributed by atoms with van der Waals surface area (Å²) >= 11 is 2.12. The van der Waals surface area contributed by atoms with E-state index in [1.807, 2.05) is 6.07 Å². The van der Waals surface area contributed by atoms with Crippen LogP contribution in [-0.4, -0.2) is 0 Å². The molecule has 2 aromatic carbocycles. The van der Waals surface area contributed by atoms with Gasteiger partial charge in [0.15, 0.2) is 0 Å². The minimum Gasteiger partial charge on any atom is -0.397 e. The highest BCUT2D eigenvalue weighted by molar-refractivity contribution is 14.1. The Balaban J connectivity index is 2.34. The zero-order valence-corrected chi connectivity index (χ0v) is 10.8. The third kappa shape index (κ3) is 2.85. The Labute approximate surface area is 111 Å². The minimum atomic E-state index is -0.524. The van der Waals surface area contributed by atoms with Crippen LogP contribution in [0.1, 0.15) is 0 Å². The number of rotatable bonds is 2. The summed E-state index contributed by atoms with van der Waals surface area (Å²) in [5.41, 5.74) is 6.88. The second-order valence-corrected chi connectivity index (χ2v) is 4.73. The lowest BCUT2D eigenvalue weighted by Crippen LogP contribution is -1.99. The molecule has 0 heterocycles. The molecule has 0 aliphatic carbocycles. The van der Waals surface area contributed by atoms with E-state index in [0.717, 1.165) is 21.8 Å². The van der Waals surface area contributed by atoms with E-state index >= 15 is 0 Å². The number of hydrogen-bond donors (Lipinski definition) is 2. The molecule has 5 heteroatoms. The number of benzene rings is 2. The lowest BCUT2D eigenvalue weighted by molar-refractivity contribution is 0.603. The first-order valence-corrected chi connectivity index (χ1v) is 5.91. The van der Waals surface area contributed by atoms with Crippen LogP contribution >= 0.6 is 22.6 Å². The van der Waals surface area contributed by atoms with Crippen molar-refractivity contribution in [1.82, 2.24) is 0 Å². The molecule has 0 aliphatic rings. The highest BCUT2D eigenvalue weighted by Crippen LogP contribution is 2.26. The first-order valence-electron chi connectivity index (χ1n) is 4.83. The standard InChI is InChI=1S/C12H9F2IN2/c13-7-1-3-9(14)12(5-7)17-11-4-2-8(15)6-10(11)16/h1-6,17H,16H2. The van der Waals surface area contributed by atoms with Crippen molar-refractivity contribution in [2.75, 3.05) is 11.1 Å². The van der Waals surface area contributed by atoms with Gasteiger partial charge in [-0.1, -0.05) is 0 Å². The van der Waals surface area contributed by atoms with Gasteiger partial charge in [0.1, 0.15) is 11.6 Å². The van der Waals surface area contributed by atoms with Gasteiger partial charge in [0.05, 0.1) is 17.1 Å². The maximum Gasteiger partial charge on any atom is 0.146 e. The van der Waals surface area contributed by atoms with E-state index in [1.165, 1.54) is 0 Å². The van der Waals surface area contributed by atoms with Crippen LogP contribution in [0, 0.1) is 15.2 Å². The molecule has 0 unspecified atom stereocenters. The average molecular weight is 346 g/mol. The number of nitrogens with one attached hydrogen (secondary N) is 1. The van der Waals surface area contributed by atoms with Crippen LogP contribution in [0.25, 0.3) is 0 Å². The van der Waals surface area contributed by atoms with Crippen molar-refractivity contribution in [2.45, 2.75) is 0 Å². The maximum atomic E-state index is 13.4. The Bertz CT molecular complexity index is 558. The average Bonchev–Trinajstić information content (AvgIpc) is 2.27. The number of halogens is 3. The predicted molar refractivity (Wildman–Crippen MR) is 73.2 cm³/mol. The van der Waals surface area contributed by atoms with E-state index in [-0.39, 0.29) is 5.69 Å². The molecule has 0 fully saturated rings. The monoisotopic (exact) mass is 346 g/mol. The van der Waals surface area contributed by atoms with Crippen LogP contribution in [0.15, 0.2) is 36.4 Å². The molecule has 2 nitrogen and oxygen atoms in total. The van der Waals surface area contributed by atoms with Crippen molar-refractivity contribution in [2.24, 2.45) is 0 Å². The maximum absolute atomic E-state index is 13.4. The van der Waals surface area contributed by atoms with Gasteiger partial charge in [-0.15, -0.1) is 0 Å². The van der Waals surface area contributed by atoms with Crippen LogP contribution < -0.4 is 11.1 Å². The minimum absolute atomic E-state index is 0.0675. The van der Waals surface area contributed by atoms with Gasteiger partial charge in [-0.2, -0.15) is 0 Å². The van der Waals surface area contributed by atoms with Crippen molar-refractivity contribution < 1.29 is 8.78 Å². The lowest BCUT2D eigenvalue weighted by Gasteiger charge is -2.10. The zero-order valence-electron chi connectivity index (χ0n) is 8.68. The Kier molecular flexibility index (Phi) is 3.46. The molecule has 0 bridgehead atoms. The van der Waals surface area contributed by atoms with Crippen LogP contribution in [0.2, 0.25) is 0 Å². The lowest BCUT2D eigenvalue weighted by atomic mass is 10.2. The second-order valence-electron chi connectivity index (χ2n) is 3.48. The molecular formula is C12H9F2IN2. The zero-order chi connectivity index (χ0) is 12.4. The van der Waals surface area contributed by atoms with Crippen molar-refractivity contribution in [1.29, 1.82) is 0 Å². The second kappa shape index (κ2) is 4.87. The molecule has 0 radical (unpaired) electrons. The number of nitrogen functional groups attached to an aromatic ring is 1. The van der Waals surface area contributed by atoms with Gasteiger partial charge in [0.25, 0.3) is 0 Å². The third-order valence-corrected chi connectivity index (χ3v) is 2.88. The molecule has 0 amide bonds. The highest BCUT2D eigenvalue weighted by Gasteiger charge is 2.06.